The van der Waals surface area contributed by atoms with Gasteiger partial charge < -0.3 is 34.7 Å². The number of hydrogen-bond acceptors (Lipinski definition) is 8. The van der Waals surface area contributed by atoms with Crippen molar-refractivity contribution in [3.8, 4) is 23.0 Å². The van der Waals surface area contributed by atoms with Gasteiger partial charge in [0.25, 0.3) is 0 Å². The van der Waals surface area contributed by atoms with Crippen LogP contribution < -0.4 is 10.2 Å². The van der Waals surface area contributed by atoms with E-state index in [0.29, 0.717) is 5.56 Å². The van der Waals surface area contributed by atoms with Crippen molar-refractivity contribution in [1.29, 1.82) is 0 Å². The zero-order chi connectivity index (χ0) is 21.1. The third kappa shape index (κ3) is 3.16. The van der Waals surface area contributed by atoms with E-state index in [2.05, 4.69) is 0 Å². The first-order valence-electron chi connectivity index (χ1n) is 8.97. The van der Waals surface area contributed by atoms with Crippen molar-refractivity contribution in [2.24, 2.45) is 0 Å². The summed E-state index contributed by atoms with van der Waals surface area (Å²) >= 11 is 0. The molecule has 0 spiro atoms. The molecule has 1 aliphatic heterocycles. The molecule has 152 valence electrons. The van der Waals surface area contributed by atoms with Crippen molar-refractivity contribution in [3.63, 3.8) is 0 Å². The topological polar surface area (TPSA) is 141 Å². The Bertz CT molecular complexity index is 1160. The predicted octanol–water partition coefficient (Wildman–Crippen LogP) is 2.07. The Hall–Kier alpha value is -3.23. The highest BCUT2D eigenvalue weighted by molar-refractivity contribution is 5.87. The van der Waals surface area contributed by atoms with Gasteiger partial charge in [-0.3, -0.25) is 4.79 Å². The SMILES string of the molecule is CC1(C)Oc2cc3oc([C@H](O)c4cc(O)cc(O)c4)cc(=O)c3c(O)c2C[C@H]1O. The minimum atomic E-state index is -1.44. The van der Waals surface area contributed by atoms with Gasteiger partial charge in [0.1, 0.15) is 51.4 Å². The minimum Gasteiger partial charge on any atom is -0.508 e. The Morgan fingerprint density at radius 1 is 1.07 bits per heavy atom. The monoisotopic (exact) mass is 400 g/mol. The molecule has 2 heterocycles. The van der Waals surface area contributed by atoms with Gasteiger partial charge in [-0.25, -0.2) is 0 Å². The normalized spacial score (nSPS) is 18.8. The van der Waals surface area contributed by atoms with E-state index in [9.17, 15) is 30.3 Å². The second-order valence-electron chi connectivity index (χ2n) is 7.70. The third-order valence-corrected chi connectivity index (χ3v) is 5.16. The van der Waals surface area contributed by atoms with Gasteiger partial charge in [-0.15, -0.1) is 0 Å². The molecule has 29 heavy (non-hydrogen) atoms. The maximum atomic E-state index is 12.7. The first-order chi connectivity index (χ1) is 13.6. The van der Waals surface area contributed by atoms with Crippen LogP contribution >= 0.6 is 0 Å². The van der Waals surface area contributed by atoms with E-state index < -0.39 is 23.2 Å². The van der Waals surface area contributed by atoms with E-state index in [4.69, 9.17) is 9.15 Å². The average Bonchev–Trinajstić information content (AvgIpc) is 2.61. The van der Waals surface area contributed by atoms with Crippen LogP contribution in [0.3, 0.4) is 0 Å². The summed E-state index contributed by atoms with van der Waals surface area (Å²) in [5.41, 5.74) is -1.07. The molecule has 3 aromatic rings. The summed E-state index contributed by atoms with van der Waals surface area (Å²) in [6, 6.07) is 6.03. The summed E-state index contributed by atoms with van der Waals surface area (Å²) in [6.45, 7) is 3.40. The Morgan fingerprint density at radius 2 is 1.72 bits per heavy atom. The van der Waals surface area contributed by atoms with Crippen molar-refractivity contribution in [2.75, 3.05) is 0 Å². The third-order valence-electron chi connectivity index (χ3n) is 5.16. The molecule has 0 radical (unpaired) electrons. The van der Waals surface area contributed by atoms with Crippen LogP contribution in [0.15, 0.2) is 39.5 Å². The average molecular weight is 400 g/mol. The number of ether oxygens (including phenoxy) is 1. The highest BCUT2D eigenvalue weighted by Gasteiger charge is 2.38. The minimum absolute atomic E-state index is 0.000588. The molecule has 0 saturated heterocycles. The van der Waals surface area contributed by atoms with Gasteiger partial charge >= 0.3 is 0 Å². The molecular formula is C21H20O8. The molecule has 2 atom stereocenters. The van der Waals surface area contributed by atoms with E-state index in [-0.39, 0.29) is 51.7 Å². The molecule has 2 aromatic carbocycles. The summed E-state index contributed by atoms with van der Waals surface area (Å²) in [6.07, 6.45) is -2.20. The molecule has 4 rings (SSSR count). The second kappa shape index (κ2) is 6.40. The van der Waals surface area contributed by atoms with E-state index in [0.717, 1.165) is 12.1 Å². The lowest BCUT2D eigenvalue weighted by atomic mass is 9.90. The highest BCUT2D eigenvalue weighted by Crippen LogP contribution is 2.42. The molecular weight excluding hydrogens is 380 g/mol. The van der Waals surface area contributed by atoms with Gasteiger partial charge in [-0.1, -0.05) is 0 Å². The lowest BCUT2D eigenvalue weighted by Crippen LogP contribution is -2.46. The first kappa shape index (κ1) is 19.1. The molecule has 8 nitrogen and oxygen atoms in total. The largest absolute Gasteiger partial charge is 0.508 e. The Morgan fingerprint density at radius 3 is 2.38 bits per heavy atom. The number of phenols is 3. The number of rotatable bonds is 2. The van der Waals surface area contributed by atoms with Gasteiger partial charge in [0.15, 0.2) is 5.43 Å². The Kier molecular flexibility index (Phi) is 4.21. The van der Waals surface area contributed by atoms with E-state index in [1.807, 2.05) is 0 Å². The standard InChI is InChI=1S/C21H20O8/c1-21(2)17(25)6-12-14(29-21)8-15-18(20(12)27)13(24)7-16(28-15)19(26)9-3-10(22)5-11(23)4-9/h3-5,7-8,17,19,22-23,25-27H,6H2,1-2H3/t17-,19-/m1/s1. The van der Waals surface area contributed by atoms with Crippen molar-refractivity contribution >= 4 is 11.0 Å². The van der Waals surface area contributed by atoms with Crippen LogP contribution in [0.4, 0.5) is 0 Å². The number of benzene rings is 2. The van der Waals surface area contributed by atoms with Crippen LogP contribution in [0.25, 0.3) is 11.0 Å². The van der Waals surface area contributed by atoms with E-state index in [1.54, 1.807) is 13.8 Å². The van der Waals surface area contributed by atoms with E-state index in [1.165, 1.54) is 18.2 Å². The number of hydrogen-bond donors (Lipinski definition) is 5. The lowest BCUT2D eigenvalue weighted by Gasteiger charge is -2.37. The van der Waals surface area contributed by atoms with Crippen LogP contribution in [0, 0.1) is 0 Å². The van der Waals surface area contributed by atoms with Crippen molar-refractivity contribution < 1.29 is 34.7 Å². The fourth-order valence-electron chi connectivity index (χ4n) is 3.49. The summed E-state index contributed by atoms with van der Waals surface area (Å²) in [7, 11) is 0. The summed E-state index contributed by atoms with van der Waals surface area (Å²) in [4.78, 5) is 12.7. The molecule has 0 bridgehead atoms. The van der Waals surface area contributed by atoms with Gasteiger partial charge in [0.05, 0.1) is 6.10 Å². The molecule has 0 fully saturated rings. The van der Waals surface area contributed by atoms with Gasteiger partial charge in [-0.2, -0.15) is 0 Å². The number of aliphatic hydroxyl groups excluding tert-OH is 2. The van der Waals surface area contributed by atoms with Crippen molar-refractivity contribution in [2.45, 2.75) is 38.1 Å². The second-order valence-corrected chi connectivity index (χ2v) is 7.70. The highest BCUT2D eigenvalue weighted by atomic mass is 16.5. The lowest BCUT2D eigenvalue weighted by molar-refractivity contribution is -0.0415. The maximum absolute atomic E-state index is 12.7. The Labute approximate surface area is 164 Å². The fourth-order valence-corrected chi connectivity index (χ4v) is 3.49. The number of fused-ring (bicyclic) bond motifs is 2. The van der Waals surface area contributed by atoms with Crippen molar-refractivity contribution in [1.82, 2.24) is 0 Å². The molecule has 0 unspecified atom stereocenters. The summed E-state index contributed by atoms with van der Waals surface area (Å²) in [5.74, 6) is -0.722. The molecule has 0 saturated carbocycles. The smallest absolute Gasteiger partial charge is 0.196 e. The molecule has 8 heteroatoms. The number of phenolic OH excluding ortho intramolecular Hbond substituents is 3. The zero-order valence-corrected chi connectivity index (χ0v) is 15.7. The number of aliphatic hydroxyl groups is 2. The maximum Gasteiger partial charge on any atom is 0.196 e. The molecule has 0 amide bonds. The zero-order valence-electron chi connectivity index (χ0n) is 15.7. The summed E-state index contributed by atoms with van der Waals surface area (Å²) in [5, 5.41) is 50.6. The molecule has 1 aliphatic rings. The first-order valence-corrected chi connectivity index (χ1v) is 8.97. The van der Waals surface area contributed by atoms with Crippen LogP contribution in [0.1, 0.15) is 36.8 Å². The van der Waals surface area contributed by atoms with Crippen molar-refractivity contribution in [3.05, 3.63) is 57.4 Å². The Balaban J connectivity index is 1.87. The van der Waals surface area contributed by atoms with E-state index >= 15 is 0 Å². The van der Waals surface area contributed by atoms with Gasteiger partial charge in [0, 0.05) is 30.2 Å². The van der Waals surface area contributed by atoms with Gasteiger partial charge in [-0.05, 0) is 31.5 Å². The van der Waals surface area contributed by atoms with Crippen LogP contribution in [-0.2, 0) is 6.42 Å². The van der Waals surface area contributed by atoms with Crippen LogP contribution in [-0.4, -0.2) is 37.2 Å². The molecule has 0 aliphatic carbocycles. The van der Waals surface area contributed by atoms with Gasteiger partial charge in [0.2, 0.25) is 0 Å². The number of aromatic hydroxyl groups is 3. The van der Waals surface area contributed by atoms with Crippen LogP contribution in [0.5, 0.6) is 23.0 Å². The quantitative estimate of drug-likeness (QED) is 0.440. The van der Waals surface area contributed by atoms with Crippen LogP contribution in [0.2, 0.25) is 0 Å². The summed E-state index contributed by atoms with van der Waals surface area (Å²) < 4.78 is 11.4. The molecule has 1 aromatic heterocycles. The predicted molar refractivity (Wildman–Crippen MR) is 102 cm³/mol. The fraction of sp³-hybridized carbons (Fsp3) is 0.286. The molecule has 5 N–H and O–H groups in total.